The topological polar surface area (TPSA) is 80.3 Å². The predicted molar refractivity (Wildman–Crippen MR) is 83.7 cm³/mol. The molecule has 23 heavy (non-hydrogen) atoms. The first kappa shape index (κ1) is 16.4. The number of esters is 1. The SMILES string of the molecule is CCOC(=O)CNc1ncccc1NC(=O)c1cccc(F)c1. The molecule has 0 unspecified atom stereocenters. The van der Waals surface area contributed by atoms with Gasteiger partial charge in [0.2, 0.25) is 0 Å². The number of aromatic nitrogens is 1. The summed E-state index contributed by atoms with van der Waals surface area (Å²) in [5.41, 5.74) is 0.566. The van der Waals surface area contributed by atoms with Gasteiger partial charge in [0.15, 0.2) is 0 Å². The highest BCUT2D eigenvalue weighted by atomic mass is 19.1. The molecule has 1 aromatic heterocycles. The number of carbonyl (C=O) groups is 2. The molecular weight excluding hydrogens is 301 g/mol. The lowest BCUT2D eigenvalue weighted by Crippen LogP contribution is -2.19. The van der Waals surface area contributed by atoms with Gasteiger partial charge in [-0.25, -0.2) is 9.37 Å². The van der Waals surface area contributed by atoms with E-state index in [1.54, 1.807) is 19.1 Å². The molecule has 7 heteroatoms. The molecule has 0 atom stereocenters. The van der Waals surface area contributed by atoms with Crippen molar-refractivity contribution in [3.63, 3.8) is 0 Å². The second-order valence-electron chi connectivity index (χ2n) is 4.52. The smallest absolute Gasteiger partial charge is 0.325 e. The van der Waals surface area contributed by atoms with Crippen molar-refractivity contribution >= 4 is 23.4 Å². The number of nitrogens with one attached hydrogen (secondary N) is 2. The highest BCUT2D eigenvalue weighted by Crippen LogP contribution is 2.18. The molecular formula is C16H16FN3O3. The molecule has 2 N–H and O–H groups in total. The minimum atomic E-state index is -0.496. The monoisotopic (exact) mass is 317 g/mol. The van der Waals surface area contributed by atoms with E-state index < -0.39 is 17.7 Å². The second kappa shape index (κ2) is 7.88. The predicted octanol–water partition coefficient (Wildman–Crippen LogP) is 2.45. The molecule has 0 saturated carbocycles. The normalized spacial score (nSPS) is 10.0. The number of carbonyl (C=O) groups excluding carboxylic acids is 2. The fourth-order valence-corrected chi connectivity index (χ4v) is 1.84. The highest BCUT2D eigenvalue weighted by Gasteiger charge is 2.11. The third kappa shape index (κ3) is 4.77. The van der Waals surface area contributed by atoms with Crippen molar-refractivity contribution in [2.75, 3.05) is 23.8 Å². The number of anilines is 2. The van der Waals surface area contributed by atoms with Crippen LogP contribution in [0.2, 0.25) is 0 Å². The number of halogens is 1. The minimum Gasteiger partial charge on any atom is -0.465 e. The molecule has 2 aromatic rings. The molecule has 0 spiro atoms. The van der Waals surface area contributed by atoms with Crippen LogP contribution in [-0.2, 0) is 9.53 Å². The number of nitrogens with zero attached hydrogens (tertiary/aromatic N) is 1. The Balaban J connectivity index is 2.08. The molecule has 120 valence electrons. The van der Waals surface area contributed by atoms with Crippen LogP contribution in [0.1, 0.15) is 17.3 Å². The number of hydrogen-bond acceptors (Lipinski definition) is 5. The standard InChI is InChI=1S/C16H16FN3O3/c1-2-23-14(21)10-19-15-13(7-4-8-18-15)20-16(22)11-5-3-6-12(17)9-11/h3-9H,2,10H2,1H3,(H,18,19)(H,20,22). The van der Waals surface area contributed by atoms with E-state index in [1.165, 1.54) is 24.4 Å². The number of rotatable bonds is 6. The Hall–Kier alpha value is -2.96. The molecule has 0 radical (unpaired) electrons. The summed E-state index contributed by atoms with van der Waals surface area (Å²) < 4.78 is 18.0. The van der Waals surface area contributed by atoms with Crippen LogP contribution in [0.25, 0.3) is 0 Å². The molecule has 1 aromatic carbocycles. The zero-order valence-electron chi connectivity index (χ0n) is 12.5. The van der Waals surface area contributed by atoms with Crippen molar-refractivity contribution in [1.82, 2.24) is 4.98 Å². The third-order valence-corrected chi connectivity index (χ3v) is 2.85. The van der Waals surface area contributed by atoms with Gasteiger partial charge in [0, 0.05) is 11.8 Å². The molecule has 0 aliphatic carbocycles. The summed E-state index contributed by atoms with van der Waals surface area (Å²) in [6.45, 7) is 1.92. The van der Waals surface area contributed by atoms with Gasteiger partial charge in [-0.15, -0.1) is 0 Å². The number of hydrogen-bond donors (Lipinski definition) is 2. The maximum absolute atomic E-state index is 13.2. The third-order valence-electron chi connectivity index (χ3n) is 2.85. The number of amides is 1. The number of pyridine rings is 1. The van der Waals surface area contributed by atoms with Crippen LogP contribution in [0, 0.1) is 5.82 Å². The maximum atomic E-state index is 13.2. The van der Waals surface area contributed by atoms with Gasteiger partial charge in [0.1, 0.15) is 18.2 Å². The van der Waals surface area contributed by atoms with E-state index in [-0.39, 0.29) is 18.7 Å². The van der Waals surface area contributed by atoms with Gasteiger partial charge < -0.3 is 15.4 Å². The van der Waals surface area contributed by atoms with Crippen LogP contribution in [-0.4, -0.2) is 30.0 Å². The van der Waals surface area contributed by atoms with Crippen molar-refractivity contribution in [3.8, 4) is 0 Å². The van der Waals surface area contributed by atoms with Gasteiger partial charge in [0.25, 0.3) is 5.91 Å². The van der Waals surface area contributed by atoms with E-state index >= 15 is 0 Å². The summed E-state index contributed by atoms with van der Waals surface area (Å²) in [5, 5.41) is 5.42. The fourth-order valence-electron chi connectivity index (χ4n) is 1.84. The van der Waals surface area contributed by atoms with Gasteiger partial charge in [-0.2, -0.15) is 0 Å². The van der Waals surface area contributed by atoms with Crippen LogP contribution in [0.4, 0.5) is 15.9 Å². The summed E-state index contributed by atoms with van der Waals surface area (Å²) in [6, 6.07) is 8.60. The number of ether oxygens (including phenoxy) is 1. The first-order chi connectivity index (χ1) is 11.1. The fraction of sp³-hybridized carbons (Fsp3) is 0.188. The van der Waals surface area contributed by atoms with Gasteiger partial charge in [0.05, 0.1) is 12.3 Å². The van der Waals surface area contributed by atoms with Crippen molar-refractivity contribution in [2.45, 2.75) is 6.92 Å². The Morgan fingerprint density at radius 3 is 2.83 bits per heavy atom. The van der Waals surface area contributed by atoms with Gasteiger partial charge in [-0.1, -0.05) is 6.07 Å². The van der Waals surface area contributed by atoms with E-state index in [0.29, 0.717) is 11.5 Å². The quantitative estimate of drug-likeness (QED) is 0.800. The van der Waals surface area contributed by atoms with Crippen LogP contribution in [0.15, 0.2) is 42.6 Å². The molecule has 6 nitrogen and oxygen atoms in total. The zero-order valence-corrected chi connectivity index (χ0v) is 12.5. The molecule has 2 rings (SSSR count). The largest absolute Gasteiger partial charge is 0.465 e. The Morgan fingerprint density at radius 1 is 1.26 bits per heavy atom. The Bertz CT molecular complexity index is 706. The van der Waals surface area contributed by atoms with E-state index in [9.17, 15) is 14.0 Å². The van der Waals surface area contributed by atoms with Gasteiger partial charge >= 0.3 is 5.97 Å². The van der Waals surface area contributed by atoms with Crippen LogP contribution >= 0.6 is 0 Å². The van der Waals surface area contributed by atoms with Crippen molar-refractivity contribution in [2.24, 2.45) is 0 Å². The van der Waals surface area contributed by atoms with Crippen LogP contribution in [0.5, 0.6) is 0 Å². The average molecular weight is 317 g/mol. The summed E-state index contributed by atoms with van der Waals surface area (Å²) >= 11 is 0. The number of benzene rings is 1. The molecule has 0 aliphatic rings. The summed E-state index contributed by atoms with van der Waals surface area (Å²) in [7, 11) is 0. The van der Waals surface area contributed by atoms with Gasteiger partial charge in [-0.05, 0) is 37.3 Å². The second-order valence-corrected chi connectivity index (χ2v) is 4.52. The lowest BCUT2D eigenvalue weighted by atomic mass is 10.2. The maximum Gasteiger partial charge on any atom is 0.325 e. The molecule has 0 saturated heterocycles. The van der Waals surface area contributed by atoms with E-state index in [2.05, 4.69) is 15.6 Å². The van der Waals surface area contributed by atoms with Crippen molar-refractivity contribution < 1.29 is 18.7 Å². The summed E-state index contributed by atoms with van der Waals surface area (Å²) in [5.74, 6) is -1.08. The Kier molecular flexibility index (Phi) is 5.62. The average Bonchev–Trinajstić information content (AvgIpc) is 2.54. The van der Waals surface area contributed by atoms with Gasteiger partial charge in [-0.3, -0.25) is 9.59 Å². The first-order valence-electron chi connectivity index (χ1n) is 7.01. The zero-order chi connectivity index (χ0) is 16.7. The Labute approximate surface area is 132 Å². The summed E-state index contributed by atoms with van der Waals surface area (Å²) in [4.78, 5) is 27.6. The summed E-state index contributed by atoms with van der Waals surface area (Å²) in [6.07, 6.45) is 1.52. The van der Waals surface area contributed by atoms with Crippen molar-refractivity contribution in [3.05, 3.63) is 54.0 Å². The van der Waals surface area contributed by atoms with E-state index in [0.717, 1.165) is 6.07 Å². The molecule has 1 heterocycles. The molecule has 0 fully saturated rings. The Morgan fingerprint density at radius 2 is 2.09 bits per heavy atom. The van der Waals surface area contributed by atoms with E-state index in [4.69, 9.17) is 4.74 Å². The molecule has 0 aliphatic heterocycles. The lowest BCUT2D eigenvalue weighted by molar-refractivity contribution is -0.140. The lowest BCUT2D eigenvalue weighted by Gasteiger charge is -2.11. The first-order valence-corrected chi connectivity index (χ1v) is 7.01. The highest BCUT2D eigenvalue weighted by molar-refractivity contribution is 6.05. The van der Waals surface area contributed by atoms with Crippen LogP contribution < -0.4 is 10.6 Å². The van der Waals surface area contributed by atoms with E-state index in [1.807, 2.05) is 0 Å². The molecule has 0 bridgehead atoms. The molecule has 1 amide bonds. The van der Waals surface area contributed by atoms with Crippen LogP contribution in [0.3, 0.4) is 0 Å². The van der Waals surface area contributed by atoms with Crippen molar-refractivity contribution in [1.29, 1.82) is 0 Å². The minimum absolute atomic E-state index is 0.0757.